The van der Waals surface area contributed by atoms with Gasteiger partial charge in [-0.25, -0.2) is 4.79 Å². The molecule has 0 radical (unpaired) electrons. The van der Waals surface area contributed by atoms with E-state index in [-0.39, 0.29) is 11.1 Å². The Morgan fingerprint density at radius 2 is 1.68 bits per heavy atom. The van der Waals surface area contributed by atoms with Gasteiger partial charge in [0.1, 0.15) is 5.60 Å². The third-order valence-corrected chi connectivity index (χ3v) is 8.45. The molecular weight excluding hydrogens is 362 g/mol. The Balaban J connectivity index is 4.97. The lowest BCUT2D eigenvalue weighted by Gasteiger charge is -2.39. The second-order valence-electron chi connectivity index (χ2n) is 8.36. The van der Waals surface area contributed by atoms with E-state index in [1.165, 1.54) is 5.06 Å². The van der Waals surface area contributed by atoms with Crippen LogP contribution >= 0.6 is 15.9 Å². The number of hydrogen-bond acceptors (Lipinski definition) is 3. The zero-order chi connectivity index (χ0) is 17.8. The van der Waals surface area contributed by atoms with E-state index in [1.807, 2.05) is 20.8 Å². The van der Waals surface area contributed by atoms with Gasteiger partial charge in [0.25, 0.3) is 0 Å². The fourth-order valence-corrected chi connectivity index (χ4v) is 2.73. The Bertz CT molecular complexity index is 359. The van der Waals surface area contributed by atoms with Crippen molar-refractivity contribution in [3.05, 3.63) is 0 Å². The van der Waals surface area contributed by atoms with Crippen LogP contribution in [0.5, 0.6) is 0 Å². The van der Waals surface area contributed by atoms with Crippen LogP contribution in [-0.4, -0.2) is 36.4 Å². The lowest BCUT2D eigenvalue weighted by molar-refractivity contribution is -0.0824. The Morgan fingerprint density at radius 3 is 2.05 bits per heavy atom. The standard InChI is InChI=1S/C16H34BrNO3Si/c1-13(17)11-10-12-18(14(19)20-15(2,3)4)21-22(8,9)16(5,6)7/h13H,10-12H2,1-9H3. The van der Waals surface area contributed by atoms with Gasteiger partial charge in [-0.2, -0.15) is 5.06 Å². The molecule has 132 valence electrons. The SMILES string of the molecule is CC(Br)CCCN(O[Si](C)(C)C(C)(C)C)C(=O)OC(C)(C)C. The maximum atomic E-state index is 12.4. The summed E-state index contributed by atoms with van der Waals surface area (Å²) < 4.78 is 11.7. The number of hydroxylamine groups is 2. The first kappa shape index (κ1) is 21.9. The third-order valence-electron chi connectivity index (χ3n) is 3.70. The van der Waals surface area contributed by atoms with Crippen LogP contribution < -0.4 is 0 Å². The molecule has 0 N–H and O–H groups in total. The monoisotopic (exact) mass is 395 g/mol. The minimum atomic E-state index is -2.07. The van der Waals surface area contributed by atoms with Crippen molar-refractivity contribution >= 4 is 30.3 Å². The summed E-state index contributed by atoms with van der Waals surface area (Å²) in [5.41, 5.74) is -0.519. The summed E-state index contributed by atoms with van der Waals surface area (Å²) in [7, 11) is -2.07. The van der Waals surface area contributed by atoms with Gasteiger partial charge in [-0.1, -0.05) is 43.6 Å². The van der Waals surface area contributed by atoms with Crippen LogP contribution in [0.4, 0.5) is 4.79 Å². The fourth-order valence-electron chi connectivity index (χ4n) is 1.42. The number of hydrogen-bond donors (Lipinski definition) is 0. The molecule has 0 bridgehead atoms. The van der Waals surface area contributed by atoms with Crippen molar-refractivity contribution in [3.8, 4) is 0 Å². The first-order chi connectivity index (χ1) is 9.66. The van der Waals surface area contributed by atoms with Gasteiger partial charge in [0.2, 0.25) is 8.32 Å². The Kier molecular flexibility index (Phi) is 8.13. The molecule has 0 saturated carbocycles. The van der Waals surface area contributed by atoms with Crippen molar-refractivity contribution in [1.29, 1.82) is 0 Å². The maximum Gasteiger partial charge on any atom is 0.433 e. The predicted octanol–water partition coefficient (Wildman–Crippen LogP) is 5.72. The van der Waals surface area contributed by atoms with Crippen molar-refractivity contribution in [1.82, 2.24) is 5.06 Å². The lowest BCUT2D eigenvalue weighted by atomic mass is 10.2. The maximum absolute atomic E-state index is 12.4. The van der Waals surface area contributed by atoms with Crippen LogP contribution in [0, 0.1) is 0 Å². The average molecular weight is 396 g/mol. The summed E-state index contributed by atoms with van der Waals surface area (Å²) in [5, 5.41) is 1.48. The van der Waals surface area contributed by atoms with Gasteiger partial charge in [0, 0.05) is 4.83 Å². The molecule has 0 aliphatic carbocycles. The molecule has 0 fully saturated rings. The van der Waals surface area contributed by atoms with Crippen molar-refractivity contribution < 1.29 is 14.1 Å². The fraction of sp³-hybridized carbons (Fsp3) is 0.938. The molecule has 1 amide bonds. The molecule has 0 rings (SSSR count). The first-order valence-corrected chi connectivity index (χ1v) is 11.8. The highest BCUT2D eigenvalue weighted by molar-refractivity contribution is 9.09. The second-order valence-corrected chi connectivity index (χ2v) is 14.6. The minimum absolute atomic E-state index is 0.0377. The Morgan fingerprint density at radius 1 is 1.18 bits per heavy atom. The molecule has 0 aromatic rings. The summed E-state index contributed by atoms with van der Waals surface area (Å²) in [6, 6.07) is 0. The topological polar surface area (TPSA) is 38.8 Å². The lowest BCUT2D eigenvalue weighted by Crippen LogP contribution is -2.50. The summed E-state index contributed by atoms with van der Waals surface area (Å²) in [5.74, 6) is 0. The normalized spacial score (nSPS) is 14.6. The second kappa shape index (κ2) is 8.15. The number of amides is 1. The number of halogens is 1. The quantitative estimate of drug-likeness (QED) is 0.327. The van der Waals surface area contributed by atoms with E-state index in [9.17, 15) is 4.79 Å². The molecule has 1 atom stereocenters. The Hall–Kier alpha value is -0.0731. The van der Waals surface area contributed by atoms with Crippen molar-refractivity contribution in [2.45, 2.75) is 89.9 Å². The number of ether oxygens (including phenoxy) is 1. The van der Waals surface area contributed by atoms with Gasteiger partial charge >= 0.3 is 6.09 Å². The predicted molar refractivity (Wildman–Crippen MR) is 98.8 cm³/mol. The van der Waals surface area contributed by atoms with Crippen LogP contribution in [0.1, 0.15) is 61.3 Å². The van der Waals surface area contributed by atoms with Crippen molar-refractivity contribution in [2.24, 2.45) is 0 Å². The van der Waals surface area contributed by atoms with Gasteiger partial charge in [-0.3, -0.25) is 0 Å². The molecule has 4 nitrogen and oxygen atoms in total. The van der Waals surface area contributed by atoms with Gasteiger partial charge in [-0.15, -0.1) is 0 Å². The van der Waals surface area contributed by atoms with Crippen LogP contribution in [-0.2, 0) is 9.26 Å². The van der Waals surface area contributed by atoms with Crippen molar-refractivity contribution in [2.75, 3.05) is 6.54 Å². The molecule has 0 saturated heterocycles. The van der Waals surface area contributed by atoms with Gasteiger partial charge < -0.3 is 9.26 Å². The molecular formula is C16H34BrNO3Si. The van der Waals surface area contributed by atoms with E-state index >= 15 is 0 Å². The van der Waals surface area contributed by atoms with Gasteiger partial charge in [-0.05, 0) is 51.7 Å². The first-order valence-electron chi connectivity index (χ1n) is 7.99. The number of alkyl halides is 1. The summed E-state index contributed by atoms with van der Waals surface area (Å²) >= 11 is 3.54. The molecule has 0 spiro atoms. The summed E-state index contributed by atoms with van der Waals surface area (Å²) in [6.45, 7) is 19.0. The molecule has 0 aromatic heterocycles. The molecule has 0 aliphatic heterocycles. The van der Waals surface area contributed by atoms with Crippen LogP contribution in [0.15, 0.2) is 0 Å². The van der Waals surface area contributed by atoms with Gasteiger partial charge in [0.05, 0.1) is 6.54 Å². The van der Waals surface area contributed by atoms with Crippen LogP contribution in [0.2, 0.25) is 18.1 Å². The highest BCUT2D eigenvalue weighted by atomic mass is 79.9. The average Bonchev–Trinajstić information content (AvgIpc) is 2.22. The summed E-state index contributed by atoms with van der Waals surface area (Å²) in [4.78, 5) is 12.9. The third kappa shape index (κ3) is 8.53. The highest BCUT2D eigenvalue weighted by Gasteiger charge is 2.41. The number of rotatable bonds is 6. The summed E-state index contributed by atoms with van der Waals surface area (Å²) in [6.07, 6.45) is 1.47. The van der Waals surface area contributed by atoms with E-state index in [4.69, 9.17) is 9.26 Å². The van der Waals surface area contributed by atoms with E-state index in [1.54, 1.807) is 0 Å². The van der Waals surface area contributed by atoms with E-state index in [0.29, 0.717) is 11.4 Å². The largest absolute Gasteiger partial charge is 0.442 e. The number of carbonyl (C=O) groups excluding carboxylic acids is 1. The molecule has 6 heteroatoms. The zero-order valence-corrected chi connectivity index (χ0v) is 18.3. The van der Waals surface area contributed by atoms with E-state index in [0.717, 1.165) is 12.8 Å². The van der Waals surface area contributed by atoms with Crippen LogP contribution in [0.25, 0.3) is 0 Å². The van der Waals surface area contributed by atoms with Gasteiger partial charge in [0.15, 0.2) is 0 Å². The smallest absolute Gasteiger partial charge is 0.433 e. The van der Waals surface area contributed by atoms with Crippen molar-refractivity contribution in [3.63, 3.8) is 0 Å². The Labute approximate surface area is 146 Å². The molecule has 22 heavy (non-hydrogen) atoms. The molecule has 1 unspecified atom stereocenters. The minimum Gasteiger partial charge on any atom is -0.442 e. The van der Waals surface area contributed by atoms with Crippen LogP contribution in [0.3, 0.4) is 0 Å². The number of nitrogens with zero attached hydrogens (tertiary/aromatic N) is 1. The number of carbonyl (C=O) groups is 1. The molecule has 0 heterocycles. The zero-order valence-electron chi connectivity index (χ0n) is 15.7. The highest BCUT2D eigenvalue weighted by Crippen LogP contribution is 2.37. The molecule has 0 aromatic carbocycles. The van der Waals surface area contributed by atoms with E-state index < -0.39 is 13.9 Å². The molecule has 0 aliphatic rings. The van der Waals surface area contributed by atoms with E-state index in [2.05, 4.69) is 56.7 Å².